The Morgan fingerprint density at radius 3 is 2.14 bits per heavy atom. The molecule has 3 nitrogen and oxygen atoms in total. The zero-order valence-corrected chi connectivity index (χ0v) is 13.7. The molecule has 0 radical (unpaired) electrons. The van der Waals surface area contributed by atoms with Crippen molar-refractivity contribution in [2.45, 2.75) is 25.9 Å². The summed E-state index contributed by atoms with van der Waals surface area (Å²) in [5.41, 5.74) is 0.0369. The Balaban J connectivity index is 2.01. The van der Waals surface area contributed by atoms with Crippen molar-refractivity contribution in [2.75, 3.05) is 13.1 Å². The Kier molecular flexibility index (Phi) is 5.83. The Morgan fingerprint density at radius 2 is 1.59 bits per heavy atom. The Labute approximate surface area is 136 Å². The third-order valence-corrected chi connectivity index (χ3v) is 3.82. The number of rotatable bonds is 7. The molecule has 2 N–H and O–H groups in total. The fourth-order valence-electron chi connectivity index (χ4n) is 2.17. The molecule has 0 aromatic heterocycles. The predicted molar refractivity (Wildman–Crippen MR) is 90.7 cm³/mol. The molecule has 0 amide bonds. The highest BCUT2D eigenvalue weighted by molar-refractivity contribution is 6.30. The van der Waals surface area contributed by atoms with Crippen LogP contribution in [0.2, 0.25) is 5.02 Å². The van der Waals surface area contributed by atoms with E-state index in [4.69, 9.17) is 16.3 Å². The number of hydrogen-bond donors (Lipinski definition) is 2. The minimum atomic E-state index is -0.846. The maximum Gasteiger partial charge on any atom is 0.127 e. The zero-order valence-electron chi connectivity index (χ0n) is 13.0. The molecule has 2 rings (SSSR count). The minimum absolute atomic E-state index is 0.665. The molecular weight excluding hydrogens is 298 g/mol. The second-order valence-electron chi connectivity index (χ2n) is 5.46. The highest BCUT2D eigenvalue weighted by Crippen LogP contribution is 2.28. The topological polar surface area (TPSA) is 41.5 Å². The van der Waals surface area contributed by atoms with Gasteiger partial charge in [-0.3, -0.25) is 0 Å². The normalized spacial score (nSPS) is 13.6. The van der Waals surface area contributed by atoms with Crippen molar-refractivity contribution in [1.82, 2.24) is 5.32 Å². The van der Waals surface area contributed by atoms with Gasteiger partial charge in [-0.25, -0.2) is 0 Å². The van der Waals surface area contributed by atoms with Crippen LogP contribution in [0.1, 0.15) is 25.8 Å². The molecule has 2 aromatic carbocycles. The van der Waals surface area contributed by atoms with Crippen LogP contribution in [-0.4, -0.2) is 18.2 Å². The van der Waals surface area contributed by atoms with Crippen molar-refractivity contribution in [3.8, 4) is 11.5 Å². The molecule has 1 atom stereocenters. The first kappa shape index (κ1) is 16.8. The lowest BCUT2D eigenvalue weighted by Gasteiger charge is -2.24. The van der Waals surface area contributed by atoms with Gasteiger partial charge in [0.25, 0.3) is 0 Å². The summed E-state index contributed by atoms with van der Waals surface area (Å²) in [7, 11) is 0. The Hall–Kier alpha value is -1.55. The third-order valence-electron chi connectivity index (χ3n) is 3.56. The molecular formula is C18H22ClNO2. The maximum atomic E-state index is 10.5. The van der Waals surface area contributed by atoms with Crippen LogP contribution in [0.5, 0.6) is 11.5 Å². The van der Waals surface area contributed by atoms with Crippen LogP contribution in [0.25, 0.3) is 0 Å². The van der Waals surface area contributed by atoms with Crippen LogP contribution in [0.15, 0.2) is 48.5 Å². The Bertz CT molecular complexity index is 579. The van der Waals surface area contributed by atoms with E-state index in [0.717, 1.165) is 30.2 Å². The van der Waals surface area contributed by atoms with E-state index < -0.39 is 5.60 Å². The van der Waals surface area contributed by atoms with E-state index in [1.54, 1.807) is 12.1 Å². The highest BCUT2D eigenvalue weighted by Gasteiger charge is 2.22. The molecule has 0 heterocycles. The van der Waals surface area contributed by atoms with Gasteiger partial charge in [-0.1, -0.05) is 30.7 Å². The van der Waals surface area contributed by atoms with E-state index in [9.17, 15) is 5.11 Å². The van der Waals surface area contributed by atoms with Gasteiger partial charge in [0.05, 0.1) is 5.60 Å². The summed E-state index contributed by atoms with van der Waals surface area (Å²) in [5, 5.41) is 14.4. The Morgan fingerprint density at radius 1 is 1.05 bits per heavy atom. The van der Waals surface area contributed by atoms with Crippen molar-refractivity contribution in [3.63, 3.8) is 0 Å². The lowest BCUT2D eigenvalue weighted by Crippen LogP contribution is -2.27. The molecule has 0 spiro atoms. The average Bonchev–Trinajstić information content (AvgIpc) is 2.50. The van der Waals surface area contributed by atoms with Crippen LogP contribution >= 0.6 is 11.6 Å². The van der Waals surface area contributed by atoms with Gasteiger partial charge in [0.15, 0.2) is 0 Å². The number of ether oxygens (including phenoxy) is 1. The first-order valence-corrected chi connectivity index (χ1v) is 7.86. The SMILES string of the molecule is CCNCCC(C)(O)c1ccc(Oc2ccc(Cl)cc2)cc1. The van der Waals surface area contributed by atoms with Gasteiger partial charge in [0, 0.05) is 5.02 Å². The average molecular weight is 320 g/mol. The number of halogens is 1. The lowest BCUT2D eigenvalue weighted by molar-refractivity contribution is 0.0481. The first-order chi connectivity index (χ1) is 10.5. The van der Waals surface area contributed by atoms with Crippen molar-refractivity contribution >= 4 is 11.6 Å². The standard InChI is InChI=1S/C18H22ClNO2/c1-3-20-13-12-18(2,21)14-4-8-16(9-5-14)22-17-10-6-15(19)7-11-17/h4-11,20-21H,3,12-13H2,1-2H3. The second-order valence-corrected chi connectivity index (χ2v) is 5.89. The molecule has 0 bridgehead atoms. The summed E-state index contributed by atoms with van der Waals surface area (Å²) in [6.45, 7) is 5.58. The summed E-state index contributed by atoms with van der Waals surface area (Å²) in [6.07, 6.45) is 0.665. The van der Waals surface area contributed by atoms with Crippen LogP contribution < -0.4 is 10.1 Å². The van der Waals surface area contributed by atoms with Crippen molar-refractivity contribution < 1.29 is 9.84 Å². The lowest BCUT2D eigenvalue weighted by atomic mass is 9.92. The van der Waals surface area contributed by atoms with Gasteiger partial charge in [-0.2, -0.15) is 0 Å². The van der Waals surface area contributed by atoms with E-state index in [1.165, 1.54) is 0 Å². The van der Waals surface area contributed by atoms with E-state index in [1.807, 2.05) is 43.3 Å². The van der Waals surface area contributed by atoms with E-state index in [0.29, 0.717) is 11.4 Å². The zero-order chi connectivity index (χ0) is 16.0. The van der Waals surface area contributed by atoms with Crippen molar-refractivity contribution in [3.05, 3.63) is 59.1 Å². The molecule has 2 aromatic rings. The molecule has 0 saturated heterocycles. The fraction of sp³-hybridized carbons (Fsp3) is 0.333. The van der Waals surface area contributed by atoms with Crippen LogP contribution in [0, 0.1) is 0 Å². The monoisotopic (exact) mass is 319 g/mol. The highest BCUT2D eigenvalue weighted by atomic mass is 35.5. The molecule has 0 aliphatic rings. The summed E-state index contributed by atoms with van der Waals surface area (Å²) in [5.74, 6) is 1.46. The largest absolute Gasteiger partial charge is 0.457 e. The molecule has 0 saturated carbocycles. The predicted octanol–water partition coefficient (Wildman–Crippen LogP) is 4.34. The minimum Gasteiger partial charge on any atom is -0.457 e. The number of aliphatic hydroxyl groups is 1. The maximum absolute atomic E-state index is 10.5. The van der Waals surface area contributed by atoms with Crippen LogP contribution in [-0.2, 0) is 5.60 Å². The van der Waals surface area contributed by atoms with Gasteiger partial charge >= 0.3 is 0 Å². The summed E-state index contributed by atoms with van der Waals surface area (Å²) in [4.78, 5) is 0. The van der Waals surface area contributed by atoms with Gasteiger partial charge in [0.2, 0.25) is 0 Å². The number of nitrogens with one attached hydrogen (secondary N) is 1. The number of hydrogen-bond acceptors (Lipinski definition) is 3. The molecule has 1 unspecified atom stereocenters. The number of benzene rings is 2. The molecule has 22 heavy (non-hydrogen) atoms. The van der Waals surface area contributed by atoms with Crippen LogP contribution in [0.3, 0.4) is 0 Å². The molecule has 0 aliphatic heterocycles. The molecule has 0 aliphatic carbocycles. The molecule has 118 valence electrons. The van der Waals surface area contributed by atoms with Crippen molar-refractivity contribution in [1.29, 1.82) is 0 Å². The summed E-state index contributed by atoms with van der Waals surface area (Å²) >= 11 is 5.85. The summed E-state index contributed by atoms with van der Waals surface area (Å²) < 4.78 is 5.75. The molecule has 4 heteroatoms. The van der Waals surface area contributed by atoms with E-state index in [2.05, 4.69) is 12.2 Å². The first-order valence-electron chi connectivity index (χ1n) is 7.48. The quantitative estimate of drug-likeness (QED) is 0.746. The van der Waals surface area contributed by atoms with Gasteiger partial charge in [-0.15, -0.1) is 0 Å². The van der Waals surface area contributed by atoms with Crippen LogP contribution in [0.4, 0.5) is 0 Å². The fourth-order valence-corrected chi connectivity index (χ4v) is 2.30. The smallest absolute Gasteiger partial charge is 0.127 e. The van der Waals surface area contributed by atoms with Gasteiger partial charge < -0.3 is 15.2 Å². The third kappa shape index (κ3) is 4.73. The van der Waals surface area contributed by atoms with Crippen molar-refractivity contribution in [2.24, 2.45) is 0 Å². The van der Waals surface area contributed by atoms with E-state index >= 15 is 0 Å². The summed E-state index contributed by atoms with van der Waals surface area (Å²) in [6, 6.07) is 14.8. The van der Waals surface area contributed by atoms with Gasteiger partial charge in [-0.05, 0) is 68.4 Å². The second kappa shape index (κ2) is 7.63. The van der Waals surface area contributed by atoms with E-state index in [-0.39, 0.29) is 0 Å². The van der Waals surface area contributed by atoms with Gasteiger partial charge in [0.1, 0.15) is 11.5 Å². The molecule has 0 fully saturated rings.